The Morgan fingerprint density at radius 2 is 2.13 bits per heavy atom. The maximum absolute atomic E-state index is 13.6. The van der Waals surface area contributed by atoms with Crippen LogP contribution in [0.5, 0.6) is 0 Å². The number of nitrogens with one attached hydrogen (secondary N) is 2. The third-order valence-corrected chi connectivity index (χ3v) is 3.62. The number of aliphatic hydroxyl groups excluding tert-OH is 1. The van der Waals surface area contributed by atoms with Crippen molar-refractivity contribution in [2.45, 2.75) is 19.6 Å². The number of nitrogens with zero attached hydrogens (tertiary/aromatic N) is 1. The van der Waals surface area contributed by atoms with E-state index in [1.165, 1.54) is 6.07 Å². The molecule has 1 atom stereocenters. The van der Waals surface area contributed by atoms with Crippen LogP contribution >= 0.6 is 0 Å². The van der Waals surface area contributed by atoms with Crippen LogP contribution in [0.4, 0.5) is 4.39 Å². The first-order chi connectivity index (χ1) is 11.1. The van der Waals surface area contributed by atoms with E-state index < -0.39 is 11.9 Å². The fourth-order valence-corrected chi connectivity index (χ4v) is 2.43. The van der Waals surface area contributed by atoms with Crippen molar-refractivity contribution in [3.8, 4) is 11.5 Å². The monoisotopic (exact) mass is 315 g/mol. The summed E-state index contributed by atoms with van der Waals surface area (Å²) in [6.07, 6.45) is 0.799. The van der Waals surface area contributed by atoms with Gasteiger partial charge in [-0.1, -0.05) is 18.2 Å². The largest absolute Gasteiger partial charge is 0.460 e. The predicted molar refractivity (Wildman–Crippen MR) is 84.1 cm³/mol. The number of halogens is 1. The molecule has 2 aromatic heterocycles. The van der Waals surface area contributed by atoms with Gasteiger partial charge in [0.2, 0.25) is 0 Å². The smallest absolute Gasteiger partial charge is 0.152 e. The molecule has 5 nitrogen and oxygen atoms in total. The maximum atomic E-state index is 13.6. The van der Waals surface area contributed by atoms with E-state index in [0.29, 0.717) is 12.3 Å². The maximum Gasteiger partial charge on any atom is 0.152 e. The van der Waals surface area contributed by atoms with Gasteiger partial charge in [0, 0.05) is 24.2 Å². The second-order valence-corrected chi connectivity index (χ2v) is 5.35. The highest BCUT2D eigenvalue weighted by molar-refractivity contribution is 5.56. The molecular formula is C17H18FN3O2. The molecule has 0 radical (unpaired) electrons. The van der Waals surface area contributed by atoms with Gasteiger partial charge < -0.3 is 14.8 Å². The molecule has 0 saturated heterocycles. The van der Waals surface area contributed by atoms with Crippen molar-refractivity contribution in [3.63, 3.8) is 0 Å². The molecule has 0 bridgehead atoms. The van der Waals surface area contributed by atoms with Gasteiger partial charge in [-0.3, -0.25) is 5.10 Å². The molecule has 3 rings (SSSR count). The molecule has 0 aliphatic rings. The lowest BCUT2D eigenvalue weighted by Gasteiger charge is -2.12. The molecule has 0 spiro atoms. The second-order valence-electron chi connectivity index (χ2n) is 5.35. The lowest BCUT2D eigenvalue weighted by Crippen LogP contribution is -2.21. The molecule has 3 aromatic rings. The van der Waals surface area contributed by atoms with Crippen molar-refractivity contribution in [3.05, 3.63) is 65.3 Å². The number of aromatic nitrogens is 2. The first kappa shape index (κ1) is 15.5. The van der Waals surface area contributed by atoms with E-state index in [9.17, 15) is 9.50 Å². The Morgan fingerprint density at radius 3 is 2.87 bits per heavy atom. The fraction of sp³-hybridized carbons (Fsp3) is 0.235. The Bertz CT molecular complexity index is 782. The van der Waals surface area contributed by atoms with E-state index in [-0.39, 0.29) is 12.1 Å². The molecule has 0 saturated carbocycles. The summed E-state index contributed by atoms with van der Waals surface area (Å²) in [5, 5.41) is 20.1. The summed E-state index contributed by atoms with van der Waals surface area (Å²) in [6, 6.07) is 9.98. The standard InChI is InChI=1S/C17H18FN3O2/c1-11-6-7-16(23-11)17-12(9-20-21-17)8-19-10-15(22)13-4-2-3-5-14(13)18/h2-7,9,15,19,22H,8,10H2,1H3,(H,20,21)/t15-/m1/s1. The fourth-order valence-electron chi connectivity index (χ4n) is 2.43. The van der Waals surface area contributed by atoms with Crippen molar-refractivity contribution < 1.29 is 13.9 Å². The Kier molecular flexibility index (Phi) is 4.55. The summed E-state index contributed by atoms with van der Waals surface area (Å²) < 4.78 is 19.2. The molecule has 6 heteroatoms. The highest BCUT2D eigenvalue weighted by atomic mass is 19.1. The van der Waals surface area contributed by atoms with Crippen LogP contribution in [0.15, 0.2) is 47.0 Å². The van der Waals surface area contributed by atoms with Gasteiger partial charge >= 0.3 is 0 Å². The summed E-state index contributed by atoms with van der Waals surface area (Å²) in [7, 11) is 0. The van der Waals surface area contributed by atoms with Crippen LogP contribution in [0.2, 0.25) is 0 Å². The predicted octanol–water partition coefficient (Wildman–Crippen LogP) is 2.94. The number of aryl methyl sites for hydroxylation is 1. The number of aromatic amines is 1. The van der Waals surface area contributed by atoms with Gasteiger partial charge in [0.25, 0.3) is 0 Å². The van der Waals surface area contributed by atoms with Crippen LogP contribution in [0.1, 0.15) is 23.0 Å². The minimum absolute atomic E-state index is 0.239. The highest BCUT2D eigenvalue weighted by Gasteiger charge is 2.14. The Balaban J connectivity index is 1.62. The van der Waals surface area contributed by atoms with Gasteiger partial charge in [-0.25, -0.2) is 4.39 Å². The summed E-state index contributed by atoms with van der Waals surface area (Å²) in [5.74, 6) is 1.13. The zero-order valence-corrected chi connectivity index (χ0v) is 12.7. The summed E-state index contributed by atoms with van der Waals surface area (Å²) in [5.41, 5.74) is 2.00. The van der Waals surface area contributed by atoms with E-state index in [0.717, 1.165) is 17.0 Å². The van der Waals surface area contributed by atoms with Gasteiger partial charge in [0.15, 0.2) is 5.76 Å². The first-order valence-electron chi connectivity index (χ1n) is 7.37. The number of H-pyrrole nitrogens is 1. The summed E-state index contributed by atoms with van der Waals surface area (Å²) >= 11 is 0. The van der Waals surface area contributed by atoms with Crippen molar-refractivity contribution in [2.24, 2.45) is 0 Å². The highest BCUT2D eigenvalue weighted by Crippen LogP contribution is 2.23. The second kappa shape index (κ2) is 6.76. The van der Waals surface area contributed by atoms with E-state index in [1.54, 1.807) is 24.4 Å². The van der Waals surface area contributed by atoms with Crippen molar-refractivity contribution >= 4 is 0 Å². The molecule has 0 aliphatic carbocycles. The first-order valence-corrected chi connectivity index (χ1v) is 7.37. The van der Waals surface area contributed by atoms with Crippen molar-refractivity contribution in [2.75, 3.05) is 6.54 Å². The minimum Gasteiger partial charge on any atom is -0.460 e. The van der Waals surface area contributed by atoms with Crippen LogP contribution in [-0.2, 0) is 6.54 Å². The summed E-state index contributed by atoms with van der Waals surface area (Å²) in [6.45, 7) is 2.60. The van der Waals surface area contributed by atoms with E-state index in [2.05, 4.69) is 15.5 Å². The Labute approximate surface area is 133 Å². The quantitative estimate of drug-likeness (QED) is 0.654. The number of aliphatic hydroxyl groups is 1. The average Bonchev–Trinajstić information content (AvgIpc) is 3.16. The lowest BCUT2D eigenvalue weighted by molar-refractivity contribution is 0.169. The molecule has 0 amide bonds. The topological polar surface area (TPSA) is 74.1 Å². The van der Waals surface area contributed by atoms with Crippen molar-refractivity contribution in [1.82, 2.24) is 15.5 Å². The lowest BCUT2D eigenvalue weighted by atomic mass is 10.1. The van der Waals surface area contributed by atoms with Gasteiger partial charge in [0.05, 0.1) is 12.3 Å². The normalized spacial score (nSPS) is 12.5. The number of furan rings is 1. The molecule has 3 N–H and O–H groups in total. The third-order valence-electron chi connectivity index (χ3n) is 3.62. The Morgan fingerprint density at radius 1 is 1.30 bits per heavy atom. The van der Waals surface area contributed by atoms with Gasteiger partial charge in [0.1, 0.15) is 17.3 Å². The zero-order chi connectivity index (χ0) is 16.2. The number of rotatable bonds is 6. The number of benzene rings is 1. The number of hydrogen-bond acceptors (Lipinski definition) is 4. The molecule has 1 aromatic carbocycles. The average molecular weight is 315 g/mol. The molecule has 0 aliphatic heterocycles. The molecular weight excluding hydrogens is 297 g/mol. The molecule has 23 heavy (non-hydrogen) atoms. The molecule has 0 unspecified atom stereocenters. The van der Waals surface area contributed by atoms with Crippen LogP contribution < -0.4 is 5.32 Å². The molecule has 0 fully saturated rings. The zero-order valence-electron chi connectivity index (χ0n) is 12.7. The summed E-state index contributed by atoms with van der Waals surface area (Å²) in [4.78, 5) is 0. The van der Waals surface area contributed by atoms with Crippen LogP contribution in [0.3, 0.4) is 0 Å². The number of hydrogen-bond donors (Lipinski definition) is 3. The van der Waals surface area contributed by atoms with E-state index >= 15 is 0 Å². The van der Waals surface area contributed by atoms with Crippen LogP contribution in [-0.4, -0.2) is 21.8 Å². The minimum atomic E-state index is -0.905. The third kappa shape index (κ3) is 3.49. The van der Waals surface area contributed by atoms with Crippen molar-refractivity contribution in [1.29, 1.82) is 0 Å². The molecule has 120 valence electrons. The SMILES string of the molecule is Cc1ccc(-c2[nH]ncc2CNC[C@@H](O)c2ccccc2F)o1. The van der Waals surface area contributed by atoms with E-state index in [4.69, 9.17) is 4.42 Å². The van der Waals surface area contributed by atoms with Gasteiger partial charge in [-0.05, 0) is 25.1 Å². The van der Waals surface area contributed by atoms with Gasteiger partial charge in [-0.2, -0.15) is 5.10 Å². The van der Waals surface area contributed by atoms with Gasteiger partial charge in [-0.15, -0.1) is 0 Å². The van der Waals surface area contributed by atoms with Crippen LogP contribution in [0, 0.1) is 12.7 Å². The Hall–Kier alpha value is -2.44. The molecule has 2 heterocycles. The van der Waals surface area contributed by atoms with Crippen LogP contribution in [0.25, 0.3) is 11.5 Å². The van der Waals surface area contributed by atoms with E-state index in [1.807, 2.05) is 19.1 Å².